The van der Waals surface area contributed by atoms with E-state index in [9.17, 15) is 0 Å². The summed E-state index contributed by atoms with van der Waals surface area (Å²) in [5.41, 5.74) is 1.27. The fourth-order valence-corrected chi connectivity index (χ4v) is 2.29. The van der Waals surface area contributed by atoms with Crippen LogP contribution in [0.2, 0.25) is 0 Å². The normalized spacial score (nSPS) is 20.1. The van der Waals surface area contributed by atoms with Gasteiger partial charge in [-0.15, -0.1) is 0 Å². The molecule has 0 radical (unpaired) electrons. The van der Waals surface area contributed by atoms with Gasteiger partial charge in [-0.2, -0.15) is 0 Å². The lowest BCUT2D eigenvalue weighted by molar-refractivity contribution is -0.0422. The van der Waals surface area contributed by atoms with Crippen LogP contribution in [0.3, 0.4) is 0 Å². The number of ether oxygens (including phenoxy) is 2. The van der Waals surface area contributed by atoms with Gasteiger partial charge in [0.2, 0.25) is 0 Å². The molecule has 0 aromatic heterocycles. The SMILES string of the molecule is CCC(C)OC(CN1CCOCC1)c1ccccc1. The van der Waals surface area contributed by atoms with E-state index in [0.717, 1.165) is 39.3 Å². The first-order chi connectivity index (χ1) is 9.29. The molecule has 0 bridgehead atoms. The molecule has 1 aromatic carbocycles. The molecule has 0 aliphatic carbocycles. The summed E-state index contributed by atoms with van der Waals surface area (Å²) in [5.74, 6) is 0. The minimum atomic E-state index is 0.161. The van der Waals surface area contributed by atoms with Crippen LogP contribution in [0, 0.1) is 0 Å². The van der Waals surface area contributed by atoms with Crippen molar-refractivity contribution in [2.45, 2.75) is 32.5 Å². The maximum absolute atomic E-state index is 6.21. The second-order valence-electron chi connectivity index (χ2n) is 5.17. The number of rotatable bonds is 6. The third-order valence-electron chi connectivity index (χ3n) is 3.67. The maximum Gasteiger partial charge on any atom is 0.0955 e. The molecule has 0 N–H and O–H groups in total. The fraction of sp³-hybridized carbons (Fsp3) is 0.625. The van der Waals surface area contributed by atoms with Gasteiger partial charge in [0.1, 0.15) is 0 Å². The van der Waals surface area contributed by atoms with Gasteiger partial charge in [0.25, 0.3) is 0 Å². The molecule has 2 atom stereocenters. The van der Waals surface area contributed by atoms with Crippen LogP contribution in [0.15, 0.2) is 30.3 Å². The van der Waals surface area contributed by atoms with Gasteiger partial charge in [-0.1, -0.05) is 37.3 Å². The Morgan fingerprint density at radius 1 is 1.21 bits per heavy atom. The van der Waals surface area contributed by atoms with Crippen LogP contribution in [-0.4, -0.2) is 43.9 Å². The molecule has 0 amide bonds. The van der Waals surface area contributed by atoms with E-state index < -0.39 is 0 Å². The summed E-state index contributed by atoms with van der Waals surface area (Å²) < 4.78 is 11.6. The third kappa shape index (κ3) is 4.60. The van der Waals surface area contributed by atoms with E-state index in [0.29, 0.717) is 6.10 Å². The zero-order chi connectivity index (χ0) is 13.5. The first-order valence-corrected chi connectivity index (χ1v) is 7.30. The molecule has 2 rings (SSSR count). The molecular weight excluding hydrogens is 238 g/mol. The van der Waals surface area contributed by atoms with Crippen molar-refractivity contribution in [2.75, 3.05) is 32.8 Å². The molecule has 0 spiro atoms. The van der Waals surface area contributed by atoms with Gasteiger partial charge >= 0.3 is 0 Å². The second kappa shape index (κ2) is 7.63. The van der Waals surface area contributed by atoms with Gasteiger partial charge in [0, 0.05) is 19.6 Å². The number of hydrogen-bond acceptors (Lipinski definition) is 3. The predicted octanol–water partition coefficient (Wildman–Crippen LogP) is 2.88. The molecule has 2 unspecified atom stereocenters. The quantitative estimate of drug-likeness (QED) is 0.787. The van der Waals surface area contributed by atoms with E-state index in [4.69, 9.17) is 9.47 Å². The molecule has 106 valence electrons. The number of benzene rings is 1. The molecule has 0 saturated carbocycles. The zero-order valence-electron chi connectivity index (χ0n) is 12.0. The average molecular weight is 263 g/mol. The van der Waals surface area contributed by atoms with Crippen molar-refractivity contribution in [3.05, 3.63) is 35.9 Å². The molecule has 1 fully saturated rings. The molecule has 1 saturated heterocycles. The standard InChI is InChI=1S/C16H25NO2/c1-3-14(2)19-16(15-7-5-4-6-8-15)13-17-9-11-18-12-10-17/h4-8,14,16H,3,9-13H2,1-2H3. The molecular formula is C16H25NO2. The Morgan fingerprint density at radius 2 is 1.89 bits per heavy atom. The molecule has 19 heavy (non-hydrogen) atoms. The van der Waals surface area contributed by atoms with E-state index in [1.54, 1.807) is 0 Å². The molecule has 3 heteroatoms. The Labute approximate surface area is 116 Å². The van der Waals surface area contributed by atoms with E-state index >= 15 is 0 Å². The van der Waals surface area contributed by atoms with Crippen molar-refractivity contribution < 1.29 is 9.47 Å². The Hall–Kier alpha value is -0.900. The Bertz CT molecular complexity index is 349. The Balaban J connectivity index is 2.01. The van der Waals surface area contributed by atoms with Crippen molar-refractivity contribution >= 4 is 0 Å². The lowest BCUT2D eigenvalue weighted by atomic mass is 10.1. The first-order valence-electron chi connectivity index (χ1n) is 7.30. The van der Waals surface area contributed by atoms with Crippen LogP contribution in [0.25, 0.3) is 0 Å². The summed E-state index contributed by atoms with van der Waals surface area (Å²) in [7, 11) is 0. The second-order valence-corrected chi connectivity index (χ2v) is 5.17. The smallest absolute Gasteiger partial charge is 0.0955 e. The zero-order valence-corrected chi connectivity index (χ0v) is 12.0. The summed E-state index contributed by atoms with van der Waals surface area (Å²) in [6, 6.07) is 10.5. The molecule has 1 aliphatic heterocycles. The van der Waals surface area contributed by atoms with Gasteiger partial charge in [-0.05, 0) is 18.9 Å². The minimum absolute atomic E-state index is 0.161. The highest BCUT2D eigenvalue weighted by Crippen LogP contribution is 2.21. The van der Waals surface area contributed by atoms with Gasteiger partial charge in [-0.3, -0.25) is 4.90 Å². The van der Waals surface area contributed by atoms with Gasteiger partial charge < -0.3 is 9.47 Å². The number of nitrogens with zero attached hydrogens (tertiary/aromatic N) is 1. The molecule has 1 aromatic rings. The van der Waals surface area contributed by atoms with Gasteiger partial charge in [0.15, 0.2) is 0 Å². The fourth-order valence-electron chi connectivity index (χ4n) is 2.29. The minimum Gasteiger partial charge on any atom is -0.379 e. The Kier molecular flexibility index (Phi) is 5.83. The van der Waals surface area contributed by atoms with Crippen molar-refractivity contribution in [1.29, 1.82) is 0 Å². The first kappa shape index (κ1) is 14.5. The predicted molar refractivity (Wildman–Crippen MR) is 77.3 cm³/mol. The highest BCUT2D eigenvalue weighted by atomic mass is 16.5. The summed E-state index contributed by atoms with van der Waals surface area (Å²) in [6.07, 6.45) is 1.51. The Morgan fingerprint density at radius 3 is 2.53 bits per heavy atom. The van der Waals surface area contributed by atoms with E-state index in [-0.39, 0.29) is 6.10 Å². The van der Waals surface area contributed by atoms with E-state index in [1.807, 2.05) is 0 Å². The van der Waals surface area contributed by atoms with Crippen molar-refractivity contribution in [3.8, 4) is 0 Å². The van der Waals surface area contributed by atoms with Crippen molar-refractivity contribution in [3.63, 3.8) is 0 Å². The number of hydrogen-bond donors (Lipinski definition) is 0. The highest BCUT2D eigenvalue weighted by Gasteiger charge is 2.20. The van der Waals surface area contributed by atoms with Crippen LogP contribution < -0.4 is 0 Å². The van der Waals surface area contributed by atoms with Crippen LogP contribution >= 0.6 is 0 Å². The van der Waals surface area contributed by atoms with Crippen molar-refractivity contribution in [1.82, 2.24) is 4.90 Å². The molecule has 3 nitrogen and oxygen atoms in total. The topological polar surface area (TPSA) is 21.7 Å². The van der Waals surface area contributed by atoms with Crippen LogP contribution in [0.1, 0.15) is 31.9 Å². The van der Waals surface area contributed by atoms with Gasteiger partial charge in [-0.25, -0.2) is 0 Å². The van der Waals surface area contributed by atoms with Crippen LogP contribution in [0.5, 0.6) is 0 Å². The average Bonchev–Trinajstić information content (AvgIpc) is 2.48. The summed E-state index contributed by atoms with van der Waals surface area (Å²) in [5, 5.41) is 0. The van der Waals surface area contributed by atoms with Gasteiger partial charge in [0.05, 0.1) is 25.4 Å². The summed E-state index contributed by atoms with van der Waals surface area (Å²) in [6.45, 7) is 8.96. The largest absolute Gasteiger partial charge is 0.379 e. The van der Waals surface area contributed by atoms with E-state index in [2.05, 4.69) is 49.1 Å². The van der Waals surface area contributed by atoms with Crippen LogP contribution in [-0.2, 0) is 9.47 Å². The van der Waals surface area contributed by atoms with Crippen molar-refractivity contribution in [2.24, 2.45) is 0 Å². The highest BCUT2D eigenvalue weighted by molar-refractivity contribution is 5.18. The third-order valence-corrected chi connectivity index (χ3v) is 3.67. The van der Waals surface area contributed by atoms with E-state index in [1.165, 1.54) is 5.56 Å². The monoisotopic (exact) mass is 263 g/mol. The van der Waals surface area contributed by atoms with Crippen LogP contribution in [0.4, 0.5) is 0 Å². The lowest BCUT2D eigenvalue weighted by Gasteiger charge is -2.31. The number of morpholine rings is 1. The molecule has 1 heterocycles. The lowest BCUT2D eigenvalue weighted by Crippen LogP contribution is -2.39. The maximum atomic E-state index is 6.21. The summed E-state index contributed by atoms with van der Waals surface area (Å²) in [4.78, 5) is 2.43. The summed E-state index contributed by atoms with van der Waals surface area (Å²) >= 11 is 0. The molecule has 1 aliphatic rings.